The average molecular weight is 281 g/mol. The molecule has 0 aliphatic carbocycles. The van der Waals surface area contributed by atoms with Gasteiger partial charge in [-0.25, -0.2) is 0 Å². The van der Waals surface area contributed by atoms with Crippen molar-refractivity contribution in [3.05, 3.63) is 65.7 Å². The summed E-state index contributed by atoms with van der Waals surface area (Å²) in [7, 11) is 0. The third kappa shape index (κ3) is 4.35. The summed E-state index contributed by atoms with van der Waals surface area (Å²) in [6.07, 6.45) is 2.32. The van der Waals surface area contributed by atoms with Gasteiger partial charge in [0.15, 0.2) is 0 Å². The Balaban J connectivity index is 2.14. The maximum Gasteiger partial charge on any atom is 0.0513 e. The van der Waals surface area contributed by atoms with Crippen LogP contribution < -0.4 is 5.32 Å². The summed E-state index contributed by atoms with van der Waals surface area (Å²) in [4.78, 5) is 0. The topological polar surface area (TPSA) is 12.0 Å². The van der Waals surface area contributed by atoms with Crippen LogP contribution in [-0.2, 0) is 5.41 Å². The van der Waals surface area contributed by atoms with Crippen molar-refractivity contribution in [1.82, 2.24) is 0 Å². The van der Waals surface area contributed by atoms with Crippen molar-refractivity contribution in [1.29, 1.82) is 0 Å². The second kappa shape index (κ2) is 6.80. The van der Waals surface area contributed by atoms with Gasteiger partial charge in [0.25, 0.3) is 0 Å². The minimum Gasteiger partial charge on any atom is -0.378 e. The fourth-order valence-corrected chi connectivity index (χ4v) is 2.56. The van der Waals surface area contributed by atoms with Crippen molar-refractivity contribution in [3.63, 3.8) is 0 Å². The molecule has 1 atom stereocenters. The summed E-state index contributed by atoms with van der Waals surface area (Å²) >= 11 is 0. The van der Waals surface area contributed by atoms with Crippen molar-refractivity contribution in [2.24, 2.45) is 0 Å². The van der Waals surface area contributed by atoms with Gasteiger partial charge in [0.1, 0.15) is 0 Å². The van der Waals surface area contributed by atoms with Gasteiger partial charge in [-0.2, -0.15) is 0 Å². The van der Waals surface area contributed by atoms with E-state index >= 15 is 0 Å². The molecule has 0 fully saturated rings. The highest BCUT2D eigenvalue weighted by Gasteiger charge is 2.14. The quantitative estimate of drug-likeness (QED) is 0.715. The van der Waals surface area contributed by atoms with E-state index in [0.29, 0.717) is 6.04 Å². The average Bonchev–Trinajstić information content (AvgIpc) is 2.47. The molecule has 0 aromatic heterocycles. The predicted octanol–water partition coefficient (Wildman–Crippen LogP) is 5.94. The van der Waals surface area contributed by atoms with Gasteiger partial charge < -0.3 is 5.32 Å². The molecule has 112 valence electrons. The Kier molecular flexibility index (Phi) is 5.06. The zero-order valence-corrected chi connectivity index (χ0v) is 13.7. The first-order valence-corrected chi connectivity index (χ1v) is 7.92. The highest BCUT2D eigenvalue weighted by molar-refractivity contribution is 5.47. The first kappa shape index (κ1) is 15.6. The summed E-state index contributed by atoms with van der Waals surface area (Å²) in [5.41, 5.74) is 4.14. The van der Waals surface area contributed by atoms with Crippen LogP contribution in [0.5, 0.6) is 0 Å². The van der Waals surface area contributed by atoms with Gasteiger partial charge in [0, 0.05) is 5.69 Å². The van der Waals surface area contributed by atoms with E-state index in [0.717, 1.165) is 6.42 Å². The summed E-state index contributed by atoms with van der Waals surface area (Å²) in [6, 6.07) is 20.0. The van der Waals surface area contributed by atoms with Crippen molar-refractivity contribution < 1.29 is 0 Å². The number of anilines is 1. The third-order valence-corrected chi connectivity index (χ3v) is 3.87. The van der Waals surface area contributed by atoms with Gasteiger partial charge in [-0.3, -0.25) is 0 Å². The van der Waals surface area contributed by atoms with Crippen LogP contribution in [0.1, 0.15) is 57.7 Å². The zero-order chi connectivity index (χ0) is 15.3. The SMILES string of the molecule is CCCC(Nc1ccc(C(C)(C)C)cc1)c1ccccc1. The van der Waals surface area contributed by atoms with Crippen LogP contribution in [0.2, 0.25) is 0 Å². The lowest BCUT2D eigenvalue weighted by Crippen LogP contribution is -2.12. The van der Waals surface area contributed by atoms with Gasteiger partial charge >= 0.3 is 0 Å². The first-order chi connectivity index (χ1) is 10.0. The van der Waals surface area contributed by atoms with Crippen LogP contribution in [0.4, 0.5) is 5.69 Å². The van der Waals surface area contributed by atoms with Crippen LogP contribution in [0.15, 0.2) is 54.6 Å². The molecule has 0 saturated heterocycles. The molecule has 1 unspecified atom stereocenters. The van der Waals surface area contributed by atoms with E-state index in [1.807, 2.05) is 0 Å². The highest BCUT2D eigenvalue weighted by atomic mass is 14.9. The smallest absolute Gasteiger partial charge is 0.0513 e. The van der Waals surface area contributed by atoms with Crippen molar-refractivity contribution in [3.8, 4) is 0 Å². The van der Waals surface area contributed by atoms with E-state index in [1.165, 1.54) is 23.2 Å². The van der Waals surface area contributed by atoms with Crippen LogP contribution in [0.3, 0.4) is 0 Å². The van der Waals surface area contributed by atoms with Crippen LogP contribution in [0.25, 0.3) is 0 Å². The molecule has 0 spiro atoms. The number of hydrogen-bond acceptors (Lipinski definition) is 1. The minimum absolute atomic E-state index is 0.209. The van der Waals surface area contributed by atoms with Crippen molar-refractivity contribution in [2.45, 2.75) is 52.0 Å². The predicted molar refractivity (Wildman–Crippen MR) is 92.9 cm³/mol. The zero-order valence-electron chi connectivity index (χ0n) is 13.7. The Morgan fingerprint density at radius 2 is 1.52 bits per heavy atom. The largest absolute Gasteiger partial charge is 0.378 e. The Bertz CT molecular complexity index is 534. The molecule has 1 heteroatoms. The molecule has 21 heavy (non-hydrogen) atoms. The van der Waals surface area contributed by atoms with E-state index in [1.54, 1.807) is 0 Å². The first-order valence-electron chi connectivity index (χ1n) is 7.92. The number of benzene rings is 2. The Hall–Kier alpha value is -1.76. The molecule has 0 aliphatic heterocycles. The maximum atomic E-state index is 3.67. The molecule has 0 amide bonds. The lowest BCUT2D eigenvalue weighted by Gasteiger charge is -2.22. The fraction of sp³-hybridized carbons (Fsp3) is 0.400. The second-order valence-corrected chi connectivity index (χ2v) is 6.72. The molecular formula is C20H27N. The van der Waals surface area contributed by atoms with E-state index < -0.39 is 0 Å². The maximum absolute atomic E-state index is 3.67. The second-order valence-electron chi connectivity index (χ2n) is 6.72. The summed E-state index contributed by atoms with van der Waals surface area (Å²) in [6.45, 7) is 8.98. The van der Waals surface area contributed by atoms with Crippen LogP contribution in [-0.4, -0.2) is 0 Å². The van der Waals surface area contributed by atoms with E-state index in [2.05, 4.69) is 87.6 Å². The number of hydrogen-bond donors (Lipinski definition) is 1. The number of rotatable bonds is 5. The van der Waals surface area contributed by atoms with Crippen molar-refractivity contribution in [2.75, 3.05) is 5.32 Å². The number of nitrogens with one attached hydrogen (secondary N) is 1. The molecule has 2 rings (SSSR count). The fourth-order valence-electron chi connectivity index (χ4n) is 2.56. The van der Waals surface area contributed by atoms with Gasteiger partial charge in [-0.15, -0.1) is 0 Å². The molecule has 0 bridgehead atoms. The lowest BCUT2D eigenvalue weighted by molar-refractivity contribution is 0.590. The summed E-state index contributed by atoms with van der Waals surface area (Å²) in [5, 5.41) is 3.67. The van der Waals surface area contributed by atoms with Gasteiger partial charge in [-0.05, 0) is 35.1 Å². The van der Waals surface area contributed by atoms with Crippen LogP contribution in [0, 0.1) is 0 Å². The monoisotopic (exact) mass is 281 g/mol. The van der Waals surface area contributed by atoms with Gasteiger partial charge in [-0.1, -0.05) is 76.6 Å². The molecule has 1 nitrogen and oxygen atoms in total. The van der Waals surface area contributed by atoms with Gasteiger partial charge in [0.2, 0.25) is 0 Å². The molecule has 0 aliphatic rings. The molecular weight excluding hydrogens is 254 g/mol. The molecule has 0 saturated carbocycles. The Labute approximate surface area is 129 Å². The Morgan fingerprint density at radius 1 is 0.905 bits per heavy atom. The molecule has 1 N–H and O–H groups in total. The van der Waals surface area contributed by atoms with E-state index in [9.17, 15) is 0 Å². The molecule has 2 aromatic rings. The standard InChI is InChI=1S/C20H27N/c1-5-9-19(16-10-7-6-8-11-16)21-18-14-12-17(13-15-18)20(2,3)4/h6-8,10-15,19,21H,5,9H2,1-4H3. The third-order valence-electron chi connectivity index (χ3n) is 3.87. The van der Waals surface area contributed by atoms with Gasteiger partial charge in [0.05, 0.1) is 6.04 Å². The van der Waals surface area contributed by atoms with Crippen molar-refractivity contribution >= 4 is 5.69 Å². The highest BCUT2D eigenvalue weighted by Crippen LogP contribution is 2.27. The summed E-state index contributed by atoms with van der Waals surface area (Å²) < 4.78 is 0. The summed E-state index contributed by atoms with van der Waals surface area (Å²) in [5.74, 6) is 0. The van der Waals surface area contributed by atoms with Crippen LogP contribution >= 0.6 is 0 Å². The molecule has 2 aromatic carbocycles. The lowest BCUT2D eigenvalue weighted by atomic mass is 9.87. The Morgan fingerprint density at radius 3 is 2.05 bits per heavy atom. The minimum atomic E-state index is 0.209. The molecule has 0 radical (unpaired) electrons. The van der Waals surface area contributed by atoms with E-state index in [-0.39, 0.29) is 5.41 Å². The normalized spacial score (nSPS) is 13.0. The molecule has 0 heterocycles. The van der Waals surface area contributed by atoms with E-state index in [4.69, 9.17) is 0 Å².